The maximum atomic E-state index is 12.1. The van der Waals surface area contributed by atoms with Gasteiger partial charge in [0.1, 0.15) is 0 Å². The van der Waals surface area contributed by atoms with E-state index in [1.165, 1.54) is 0 Å². The van der Waals surface area contributed by atoms with Crippen LogP contribution in [0.3, 0.4) is 0 Å². The number of nitrogens with zero attached hydrogens (tertiary/aromatic N) is 2. The van der Waals surface area contributed by atoms with Crippen molar-refractivity contribution in [2.75, 3.05) is 73.2 Å². The minimum atomic E-state index is 0.251. The van der Waals surface area contributed by atoms with Gasteiger partial charge in [0, 0.05) is 66.5 Å². The quantitative estimate of drug-likeness (QED) is 0.608. The van der Waals surface area contributed by atoms with E-state index in [0.717, 1.165) is 45.8 Å². The summed E-state index contributed by atoms with van der Waals surface area (Å²) in [5, 5.41) is 3.25. The second-order valence-electron chi connectivity index (χ2n) is 4.71. The summed E-state index contributed by atoms with van der Waals surface area (Å²) in [4.78, 5) is 16.2. The van der Waals surface area contributed by atoms with Crippen LogP contribution in [0.5, 0.6) is 0 Å². The third-order valence-electron chi connectivity index (χ3n) is 3.33. The largest absolute Gasteiger partial charge is 0.383 e. The molecule has 0 aliphatic carbocycles. The molecule has 0 aromatic rings. The minimum absolute atomic E-state index is 0.251. The molecule has 0 bridgehead atoms. The average Bonchev–Trinajstić information content (AvgIpc) is 2.47. The van der Waals surface area contributed by atoms with E-state index in [2.05, 4.69) is 10.2 Å². The Kier molecular flexibility index (Phi) is 8.73. The molecule has 112 valence electrons. The predicted octanol–water partition coefficient (Wildman–Crippen LogP) is -0.597. The fraction of sp³-hybridized carbons (Fsp3) is 0.923. The van der Waals surface area contributed by atoms with Crippen LogP contribution in [0.2, 0.25) is 0 Å². The summed E-state index contributed by atoms with van der Waals surface area (Å²) in [5.74, 6) is 0.251. The molecule has 6 heteroatoms. The molecule has 0 spiro atoms. The number of methoxy groups -OCH3 is 2. The van der Waals surface area contributed by atoms with Crippen molar-refractivity contribution in [3.05, 3.63) is 0 Å². The van der Waals surface area contributed by atoms with Gasteiger partial charge >= 0.3 is 0 Å². The standard InChI is InChI=1S/C13H27N3O3/c1-18-11-9-15(10-12-19-2)6-3-13(17)16-7-4-14-5-8-16/h14H,3-12H2,1-2H3. The predicted molar refractivity (Wildman–Crippen MR) is 74.3 cm³/mol. The van der Waals surface area contributed by atoms with Gasteiger partial charge in [-0.1, -0.05) is 0 Å². The molecule has 0 aromatic carbocycles. The molecule has 0 saturated carbocycles. The lowest BCUT2D eigenvalue weighted by molar-refractivity contribution is -0.132. The second kappa shape index (κ2) is 10.1. The molecular weight excluding hydrogens is 246 g/mol. The monoisotopic (exact) mass is 273 g/mol. The molecule has 1 aliphatic rings. The number of rotatable bonds is 9. The highest BCUT2D eigenvalue weighted by Gasteiger charge is 2.16. The Morgan fingerprint density at radius 2 is 1.68 bits per heavy atom. The minimum Gasteiger partial charge on any atom is -0.383 e. The number of hydrogen-bond acceptors (Lipinski definition) is 5. The van der Waals surface area contributed by atoms with Crippen molar-refractivity contribution in [2.45, 2.75) is 6.42 Å². The molecule has 1 heterocycles. The highest BCUT2D eigenvalue weighted by Crippen LogP contribution is 2.00. The zero-order chi connectivity index (χ0) is 13.9. The molecule has 1 saturated heterocycles. The van der Waals surface area contributed by atoms with Crippen molar-refractivity contribution >= 4 is 5.91 Å². The van der Waals surface area contributed by atoms with E-state index < -0.39 is 0 Å². The summed E-state index contributed by atoms with van der Waals surface area (Å²) in [5.41, 5.74) is 0. The summed E-state index contributed by atoms with van der Waals surface area (Å²) in [6, 6.07) is 0. The topological polar surface area (TPSA) is 54.0 Å². The zero-order valence-corrected chi connectivity index (χ0v) is 12.2. The van der Waals surface area contributed by atoms with E-state index in [1.807, 2.05) is 4.90 Å². The molecular formula is C13H27N3O3. The third kappa shape index (κ3) is 6.87. The summed E-state index contributed by atoms with van der Waals surface area (Å²) >= 11 is 0. The highest BCUT2D eigenvalue weighted by atomic mass is 16.5. The zero-order valence-electron chi connectivity index (χ0n) is 12.2. The maximum Gasteiger partial charge on any atom is 0.223 e. The van der Waals surface area contributed by atoms with Crippen LogP contribution in [-0.2, 0) is 14.3 Å². The molecule has 0 unspecified atom stereocenters. The normalized spacial score (nSPS) is 16.1. The van der Waals surface area contributed by atoms with E-state index >= 15 is 0 Å². The first-order valence-corrected chi connectivity index (χ1v) is 6.96. The van der Waals surface area contributed by atoms with Gasteiger partial charge < -0.3 is 19.7 Å². The molecule has 1 aliphatic heterocycles. The van der Waals surface area contributed by atoms with Crippen LogP contribution in [0.4, 0.5) is 0 Å². The first-order valence-electron chi connectivity index (χ1n) is 6.96. The molecule has 19 heavy (non-hydrogen) atoms. The Hall–Kier alpha value is -0.690. The Morgan fingerprint density at radius 3 is 2.21 bits per heavy atom. The Bertz CT molecular complexity index is 237. The lowest BCUT2D eigenvalue weighted by Gasteiger charge is -2.29. The van der Waals surface area contributed by atoms with Gasteiger partial charge in [0.25, 0.3) is 0 Å². The van der Waals surface area contributed by atoms with E-state index in [-0.39, 0.29) is 5.91 Å². The number of piperazine rings is 1. The number of carbonyl (C=O) groups is 1. The van der Waals surface area contributed by atoms with Crippen molar-refractivity contribution in [2.24, 2.45) is 0 Å². The average molecular weight is 273 g/mol. The van der Waals surface area contributed by atoms with Crippen LogP contribution < -0.4 is 5.32 Å². The summed E-state index contributed by atoms with van der Waals surface area (Å²) in [7, 11) is 3.39. The van der Waals surface area contributed by atoms with Crippen molar-refractivity contribution < 1.29 is 14.3 Å². The number of amides is 1. The van der Waals surface area contributed by atoms with Crippen LogP contribution in [0.25, 0.3) is 0 Å². The number of hydrogen-bond donors (Lipinski definition) is 1. The van der Waals surface area contributed by atoms with Gasteiger partial charge in [-0.2, -0.15) is 0 Å². The molecule has 1 amide bonds. The van der Waals surface area contributed by atoms with E-state index in [1.54, 1.807) is 14.2 Å². The fourth-order valence-electron chi connectivity index (χ4n) is 2.10. The Balaban J connectivity index is 2.25. The van der Waals surface area contributed by atoms with E-state index in [9.17, 15) is 4.79 Å². The summed E-state index contributed by atoms with van der Waals surface area (Å²) < 4.78 is 10.2. The van der Waals surface area contributed by atoms with Crippen molar-refractivity contribution in [1.82, 2.24) is 15.1 Å². The van der Waals surface area contributed by atoms with Crippen molar-refractivity contribution in [3.8, 4) is 0 Å². The van der Waals surface area contributed by atoms with Crippen molar-refractivity contribution in [3.63, 3.8) is 0 Å². The Morgan fingerprint density at radius 1 is 1.11 bits per heavy atom. The van der Waals surface area contributed by atoms with Crippen molar-refractivity contribution in [1.29, 1.82) is 0 Å². The van der Waals surface area contributed by atoms with E-state index in [0.29, 0.717) is 19.6 Å². The smallest absolute Gasteiger partial charge is 0.223 e. The summed E-state index contributed by atoms with van der Waals surface area (Å²) in [6.07, 6.45) is 0.577. The molecule has 1 fully saturated rings. The fourth-order valence-corrected chi connectivity index (χ4v) is 2.10. The van der Waals surface area contributed by atoms with Crippen LogP contribution in [-0.4, -0.2) is 89.0 Å². The third-order valence-corrected chi connectivity index (χ3v) is 3.33. The molecule has 1 N–H and O–H groups in total. The van der Waals surface area contributed by atoms with Crippen LogP contribution in [0.15, 0.2) is 0 Å². The highest BCUT2D eigenvalue weighted by molar-refractivity contribution is 5.76. The maximum absolute atomic E-state index is 12.1. The van der Waals surface area contributed by atoms with Gasteiger partial charge in [-0.15, -0.1) is 0 Å². The SMILES string of the molecule is COCCN(CCOC)CCC(=O)N1CCNCC1. The van der Waals surface area contributed by atoms with Crippen LogP contribution in [0, 0.1) is 0 Å². The lowest BCUT2D eigenvalue weighted by Crippen LogP contribution is -2.47. The van der Waals surface area contributed by atoms with Gasteiger partial charge in [0.2, 0.25) is 5.91 Å². The lowest BCUT2D eigenvalue weighted by atomic mass is 10.3. The first-order chi connectivity index (χ1) is 9.27. The van der Waals surface area contributed by atoms with Gasteiger partial charge in [-0.05, 0) is 0 Å². The first kappa shape index (κ1) is 16.4. The second-order valence-corrected chi connectivity index (χ2v) is 4.71. The Labute approximate surface area is 116 Å². The number of nitrogens with one attached hydrogen (secondary N) is 1. The van der Waals surface area contributed by atoms with Gasteiger partial charge in [-0.3, -0.25) is 9.69 Å². The van der Waals surface area contributed by atoms with Gasteiger partial charge in [-0.25, -0.2) is 0 Å². The molecule has 6 nitrogen and oxygen atoms in total. The molecule has 0 radical (unpaired) electrons. The number of carbonyl (C=O) groups excluding carboxylic acids is 1. The van der Waals surface area contributed by atoms with Crippen LogP contribution in [0.1, 0.15) is 6.42 Å². The molecule has 0 atom stereocenters. The number of ether oxygens (including phenoxy) is 2. The molecule has 0 aromatic heterocycles. The van der Waals surface area contributed by atoms with Gasteiger partial charge in [0.15, 0.2) is 0 Å². The van der Waals surface area contributed by atoms with E-state index in [4.69, 9.17) is 9.47 Å². The summed E-state index contributed by atoms with van der Waals surface area (Å²) in [6.45, 7) is 7.30. The van der Waals surface area contributed by atoms with Crippen LogP contribution >= 0.6 is 0 Å². The molecule has 1 rings (SSSR count). The van der Waals surface area contributed by atoms with Gasteiger partial charge in [0.05, 0.1) is 13.2 Å².